The summed E-state index contributed by atoms with van der Waals surface area (Å²) in [6.45, 7) is 8.86. The van der Waals surface area contributed by atoms with Crippen LogP contribution in [0.5, 0.6) is 0 Å². The van der Waals surface area contributed by atoms with E-state index in [1.54, 1.807) is 0 Å². The molecule has 6 rings (SSSR count). The third kappa shape index (κ3) is 7.91. The molecule has 0 spiro atoms. The van der Waals surface area contributed by atoms with Gasteiger partial charge < -0.3 is 19.7 Å². The van der Waals surface area contributed by atoms with Gasteiger partial charge in [-0.25, -0.2) is 4.39 Å². The van der Waals surface area contributed by atoms with Crippen LogP contribution >= 0.6 is 0 Å². The third-order valence-electron chi connectivity index (χ3n) is 10.6. The van der Waals surface area contributed by atoms with E-state index in [-0.39, 0.29) is 42.3 Å². The highest BCUT2D eigenvalue weighted by Gasteiger charge is 2.40. The lowest BCUT2D eigenvalue weighted by Crippen LogP contribution is -2.41. The number of carbonyl (C=O) groups is 2. The van der Waals surface area contributed by atoms with Gasteiger partial charge in [-0.3, -0.25) is 19.3 Å². The largest absolute Gasteiger partial charge is 0.481 e. The van der Waals surface area contributed by atoms with Crippen LogP contribution in [0.3, 0.4) is 0 Å². The number of morpholine rings is 1. The first-order valence-electron chi connectivity index (χ1n) is 17.7. The van der Waals surface area contributed by atoms with E-state index >= 15 is 0 Å². The number of carboxylic acid groups (broad SMARTS) is 1. The van der Waals surface area contributed by atoms with Crippen molar-refractivity contribution in [2.45, 2.75) is 103 Å². The number of aliphatic carboxylic acids is 1. The molecule has 4 atom stereocenters. The van der Waals surface area contributed by atoms with E-state index in [9.17, 15) is 37.1 Å². The number of nitrogens with zero attached hydrogens (tertiary/aromatic N) is 2. The van der Waals surface area contributed by atoms with Gasteiger partial charge in [0.2, 0.25) is 5.91 Å². The minimum absolute atomic E-state index is 0.0239. The zero-order valence-electron chi connectivity index (χ0n) is 29.4. The smallest absolute Gasteiger partial charge is 0.416 e. The standard InChI is InChI=1S/C39H45F4N3O5/c1-21(2)10-34(46-18-25(32(16-35(46)47)39(41,42)43)8-9-45-19-29-15-28(45)20-51-29)38(50)44-33(17-36(48)49)26-13-24-6-5-7-30(24)31(14-26)37-22(3)11-27(40)12-23(37)4/h11-14,16,18,21,28-29,33-34H,5-10,15,17,19-20H2,1-4H3,(H,44,50)(H,48,49)/t28-,29-,33+,34-/m0/s1. The molecule has 2 fully saturated rings. The predicted octanol–water partition coefficient (Wildman–Crippen LogP) is 6.71. The van der Waals surface area contributed by atoms with Gasteiger partial charge in [-0.15, -0.1) is 0 Å². The molecule has 1 aromatic heterocycles. The number of carboxylic acids is 1. The molecule has 2 N–H and O–H groups in total. The SMILES string of the molecule is Cc1cc(F)cc(C)c1-c1cc([C@@H](CC(=O)O)NC(=O)[C@H](CC(C)C)n2cc(CCN3C[C@@H]4C[C@H]3CO4)c(C(F)(F)F)cc2=O)cc2c1CCC2. The van der Waals surface area contributed by atoms with Crippen LogP contribution in [0.15, 0.2) is 41.3 Å². The number of ether oxygens (including phenoxy) is 1. The maximum absolute atomic E-state index is 14.3. The van der Waals surface area contributed by atoms with Crippen LogP contribution in [-0.2, 0) is 39.8 Å². The van der Waals surface area contributed by atoms with Crippen molar-refractivity contribution in [2.24, 2.45) is 5.92 Å². The average molecular weight is 712 g/mol. The monoisotopic (exact) mass is 711 g/mol. The van der Waals surface area contributed by atoms with E-state index in [4.69, 9.17) is 4.74 Å². The number of aromatic nitrogens is 1. The summed E-state index contributed by atoms with van der Waals surface area (Å²) in [6.07, 6.45) is -0.531. The molecular weight excluding hydrogens is 666 g/mol. The maximum atomic E-state index is 14.3. The summed E-state index contributed by atoms with van der Waals surface area (Å²) in [5.41, 5.74) is 3.80. The van der Waals surface area contributed by atoms with E-state index in [0.29, 0.717) is 31.3 Å². The first kappa shape index (κ1) is 36.8. The average Bonchev–Trinajstić information content (AvgIpc) is 3.79. The topological polar surface area (TPSA) is 101 Å². The van der Waals surface area contributed by atoms with Gasteiger partial charge in [0, 0.05) is 31.4 Å². The Labute approximate surface area is 294 Å². The summed E-state index contributed by atoms with van der Waals surface area (Å²) in [6, 6.07) is 5.21. The van der Waals surface area contributed by atoms with Crippen LogP contribution in [0.2, 0.25) is 0 Å². The molecule has 0 saturated carbocycles. The molecule has 51 heavy (non-hydrogen) atoms. The van der Waals surface area contributed by atoms with Gasteiger partial charge in [-0.1, -0.05) is 19.9 Å². The number of nitrogens with one attached hydrogen (secondary N) is 1. The fourth-order valence-electron chi connectivity index (χ4n) is 8.29. The van der Waals surface area contributed by atoms with Crippen molar-refractivity contribution in [3.63, 3.8) is 0 Å². The Morgan fingerprint density at radius 2 is 1.80 bits per heavy atom. The number of likely N-dealkylation sites (tertiary alicyclic amines) is 1. The molecule has 2 aliphatic heterocycles. The first-order valence-corrected chi connectivity index (χ1v) is 17.7. The number of pyridine rings is 1. The molecule has 2 bridgehead atoms. The van der Waals surface area contributed by atoms with Crippen molar-refractivity contribution < 1.29 is 37.0 Å². The quantitative estimate of drug-likeness (QED) is 0.203. The van der Waals surface area contributed by atoms with Crippen LogP contribution in [0, 0.1) is 25.6 Å². The molecule has 12 heteroatoms. The molecule has 2 aromatic carbocycles. The molecule has 0 radical (unpaired) electrons. The van der Waals surface area contributed by atoms with Crippen molar-refractivity contribution >= 4 is 11.9 Å². The number of carbonyl (C=O) groups excluding carboxylic acids is 1. The second-order valence-corrected chi connectivity index (χ2v) is 14.8. The Morgan fingerprint density at radius 1 is 1.08 bits per heavy atom. The number of rotatable bonds is 12. The van der Waals surface area contributed by atoms with E-state index in [1.165, 1.54) is 18.3 Å². The van der Waals surface area contributed by atoms with Crippen molar-refractivity contribution in [2.75, 3.05) is 19.7 Å². The minimum Gasteiger partial charge on any atom is -0.481 e. The van der Waals surface area contributed by atoms with Gasteiger partial charge in [-0.2, -0.15) is 13.2 Å². The van der Waals surface area contributed by atoms with Crippen LogP contribution < -0.4 is 10.9 Å². The molecular formula is C39H45F4N3O5. The number of alkyl halides is 3. The zero-order chi connectivity index (χ0) is 36.8. The number of fused-ring (bicyclic) bond motifs is 3. The van der Waals surface area contributed by atoms with Gasteiger partial charge in [-0.05, 0) is 121 Å². The summed E-state index contributed by atoms with van der Waals surface area (Å²) in [5.74, 6) is -2.31. The number of halogens is 4. The fraction of sp³-hybridized carbons (Fsp3) is 0.513. The summed E-state index contributed by atoms with van der Waals surface area (Å²) >= 11 is 0. The van der Waals surface area contributed by atoms with Gasteiger partial charge in [0.15, 0.2) is 0 Å². The number of hydrogen-bond acceptors (Lipinski definition) is 5. The Bertz CT molecular complexity index is 1860. The molecule has 3 aromatic rings. The molecule has 1 aliphatic carbocycles. The predicted molar refractivity (Wildman–Crippen MR) is 184 cm³/mol. The van der Waals surface area contributed by atoms with E-state index < -0.39 is 47.7 Å². The number of benzene rings is 2. The van der Waals surface area contributed by atoms with Gasteiger partial charge in [0.05, 0.1) is 30.7 Å². The van der Waals surface area contributed by atoms with Crippen LogP contribution in [0.4, 0.5) is 17.6 Å². The molecule has 3 heterocycles. The molecule has 8 nitrogen and oxygen atoms in total. The third-order valence-corrected chi connectivity index (χ3v) is 10.6. The molecule has 0 unspecified atom stereocenters. The van der Waals surface area contributed by atoms with Crippen molar-refractivity contribution in [1.82, 2.24) is 14.8 Å². The molecule has 3 aliphatic rings. The normalized spacial score (nSPS) is 19.8. The van der Waals surface area contributed by atoms with Crippen molar-refractivity contribution in [1.29, 1.82) is 0 Å². The minimum atomic E-state index is -4.77. The van der Waals surface area contributed by atoms with Crippen LogP contribution in [0.25, 0.3) is 11.1 Å². The van der Waals surface area contributed by atoms with Crippen molar-refractivity contribution in [3.8, 4) is 11.1 Å². The maximum Gasteiger partial charge on any atom is 0.416 e. The van der Waals surface area contributed by atoms with E-state index in [0.717, 1.165) is 63.6 Å². The summed E-state index contributed by atoms with van der Waals surface area (Å²) in [4.78, 5) is 42.0. The Kier molecular flexibility index (Phi) is 10.5. The number of hydrogen-bond donors (Lipinski definition) is 2. The number of aryl methyl sites for hydroxylation is 3. The summed E-state index contributed by atoms with van der Waals surface area (Å²) in [5, 5.41) is 12.8. The lowest BCUT2D eigenvalue weighted by atomic mass is 9.87. The zero-order valence-corrected chi connectivity index (χ0v) is 29.4. The fourth-order valence-corrected chi connectivity index (χ4v) is 8.29. The van der Waals surface area contributed by atoms with Gasteiger partial charge >= 0.3 is 12.1 Å². The van der Waals surface area contributed by atoms with Crippen molar-refractivity contribution in [3.05, 3.63) is 91.6 Å². The highest BCUT2D eigenvalue weighted by atomic mass is 19.4. The summed E-state index contributed by atoms with van der Waals surface area (Å²) < 4.78 is 63.7. The lowest BCUT2D eigenvalue weighted by Gasteiger charge is -2.28. The highest BCUT2D eigenvalue weighted by molar-refractivity contribution is 5.82. The molecule has 2 saturated heterocycles. The summed E-state index contributed by atoms with van der Waals surface area (Å²) in [7, 11) is 0. The van der Waals surface area contributed by atoms with Crippen LogP contribution in [0.1, 0.15) is 90.6 Å². The Morgan fingerprint density at radius 3 is 2.41 bits per heavy atom. The highest BCUT2D eigenvalue weighted by Crippen LogP contribution is 2.39. The lowest BCUT2D eigenvalue weighted by molar-refractivity contribution is -0.139. The Hall–Kier alpha value is -4.03. The van der Waals surface area contributed by atoms with Gasteiger partial charge in [0.1, 0.15) is 11.9 Å². The van der Waals surface area contributed by atoms with Gasteiger partial charge in [0.25, 0.3) is 5.56 Å². The second-order valence-electron chi connectivity index (χ2n) is 14.8. The molecule has 274 valence electrons. The first-order chi connectivity index (χ1) is 24.1. The molecule has 1 amide bonds. The Balaban J connectivity index is 1.36. The number of amides is 1. The van der Waals surface area contributed by atoms with E-state index in [1.807, 2.05) is 39.8 Å². The van der Waals surface area contributed by atoms with Crippen LogP contribution in [-0.4, -0.2) is 58.3 Å². The second kappa shape index (κ2) is 14.5. The van der Waals surface area contributed by atoms with E-state index in [2.05, 4.69) is 10.2 Å².